The topological polar surface area (TPSA) is 52.1 Å². The van der Waals surface area contributed by atoms with Crippen LogP contribution in [-0.4, -0.2) is 80.5 Å². The van der Waals surface area contributed by atoms with Crippen LogP contribution in [0, 0.1) is 0 Å². The summed E-state index contributed by atoms with van der Waals surface area (Å²) in [7, 11) is 0. The smallest absolute Gasteiger partial charge is 0.379 e. The van der Waals surface area contributed by atoms with Crippen molar-refractivity contribution in [3.63, 3.8) is 0 Å². The molecule has 6 nitrogen and oxygen atoms in total. The summed E-state index contributed by atoms with van der Waals surface area (Å²) in [6.07, 6.45) is -3.48. The average Bonchev–Trinajstić information content (AvgIpc) is 3.13. The third-order valence-electron chi connectivity index (χ3n) is 5.38. The number of nitrogens with one attached hydrogen (secondary N) is 2. The summed E-state index contributed by atoms with van der Waals surface area (Å²) < 4.78 is 43.3. The van der Waals surface area contributed by atoms with Gasteiger partial charge in [-0.1, -0.05) is 24.3 Å². The second-order valence-electron chi connectivity index (χ2n) is 7.83. The van der Waals surface area contributed by atoms with E-state index >= 15 is 0 Å². The predicted octanol–water partition coefficient (Wildman–Crippen LogP) is 2.83. The van der Waals surface area contributed by atoms with Crippen LogP contribution in [0.5, 0.6) is 0 Å². The largest absolute Gasteiger partial charge is 0.401 e. The second kappa shape index (κ2) is 12.8. The molecule has 31 heavy (non-hydrogen) atoms. The van der Waals surface area contributed by atoms with Crippen LogP contribution in [0.25, 0.3) is 0 Å². The standard InChI is InChI=1S/C21H32F3N5O.HI/c1-2-25-20(27-19-7-8-29(15-19)16-21(22,23)24)26-13-17-5-3-4-6-18(17)14-28-9-11-30-12-10-28;/h3-6,19H,2,7-16H2,1H3,(H2,25,26,27);1H. The first-order valence-electron chi connectivity index (χ1n) is 10.6. The molecular weight excluding hydrogens is 522 g/mol. The Kier molecular flexibility index (Phi) is 10.8. The molecule has 2 aliphatic heterocycles. The van der Waals surface area contributed by atoms with Gasteiger partial charge in [0.05, 0.1) is 26.3 Å². The van der Waals surface area contributed by atoms with E-state index in [4.69, 9.17) is 9.73 Å². The van der Waals surface area contributed by atoms with Crippen molar-refractivity contribution in [3.05, 3.63) is 35.4 Å². The number of hydrogen-bond acceptors (Lipinski definition) is 4. The minimum atomic E-state index is -4.16. The summed E-state index contributed by atoms with van der Waals surface area (Å²) in [5.74, 6) is 0.650. The molecule has 0 aromatic heterocycles. The molecule has 1 atom stereocenters. The van der Waals surface area contributed by atoms with Crippen molar-refractivity contribution >= 4 is 29.9 Å². The van der Waals surface area contributed by atoms with Gasteiger partial charge in [-0.3, -0.25) is 9.80 Å². The number of rotatable bonds is 7. The van der Waals surface area contributed by atoms with Crippen molar-refractivity contribution < 1.29 is 17.9 Å². The molecule has 2 N–H and O–H groups in total. The summed E-state index contributed by atoms with van der Waals surface area (Å²) in [5, 5.41) is 6.52. The highest BCUT2D eigenvalue weighted by Crippen LogP contribution is 2.20. The zero-order chi connectivity index (χ0) is 21.4. The van der Waals surface area contributed by atoms with Gasteiger partial charge in [-0.25, -0.2) is 4.99 Å². The molecule has 0 amide bonds. The minimum absolute atomic E-state index is 0. The number of hydrogen-bond donors (Lipinski definition) is 2. The highest BCUT2D eigenvalue weighted by Gasteiger charge is 2.34. The number of ether oxygens (including phenoxy) is 1. The zero-order valence-corrected chi connectivity index (χ0v) is 20.3. The summed E-state index contributed by atoms with van der Waals surface area (Å²) >= 11 is 0. The number of likely N-dealkylation sites (tertiary alicyclic amines) is 1. The van der Waals surface area contributed by atoms with Gasteiger partial charge >= 0.3 is 6.18 Å². The van der Waals surface area contributed by atoms with E-state index in [-0.39, 0.29) is 30.0 Å². The molecule has 2 aliphatic rings. The molecule has 0 aliphatic carbocycles. The van der Waals surface area contributed by atoms with Crippen LogP contribution in [0.2, 0.25) is 0 Å². The molecule has 1 aromatic rings. The molecule has 10 heteroatoms. The summed E-state index contributed by atoms with van der Waals surface area (Å²) in [6.45, 7) is 7.42. The number of benzene rings is 1. The number of alkyl halides is 3. The summed E-state index contributed by atoms with van der Waals surface area (Å²) in [5.41, 5.74) is 2.41. The van der Waals surface area contributed by atoms with Crippen LogP contribution in [0.1, 0.15) is 24.5 Å². The molecule has 1 aromatic carbocycles. The lowest BCUT2D eigenvalue weighted by Gasteiger charge is -2.27. The molecule has 2 saturated heterocycles. The fourth-order valence-electron chi connectivity index (χ4n) is 3.89. The first-order valence-corrected chi connectivity index (χ1v) is 10.6. The van der Waals surface area contributed by atoms with Gasteiger partial charge in [0.15, 0.2) is 5.96 Å². The Bertz CT molecular complexity index is 698. The Morgan fingerprint density at radius 1 is 1.13 bits per heavy atom. The van der Waals surface area contributed by atoms with Gasteiger partial charge in [0.25, 0.3) is 0 Å². The first kappa shape index (κ1) is 26.1. The Hall–Kier alpha value is -1.11. The van der Waals surface area contributed by atoms with E-state index in [1.54, 1.807) is 0 Å². The van der Waals surface area contributed by atoms with E-state index in [9.17, 15) is 13.2 Å². The first-order chi connectivity index (χ1) is 14.4. The average molecular weight is 555 g/mol. The molecule has 1 unspecified atom stereocenters. The maximum Gasteiger partial charge on any atom is 0.401 e. The van der Waals surface area contributed by atoms with Crippen molar-refractivity contribution in [2.24, 2.45) is 4.99 Å². The maximum absolute atomic E-state index is 12.6. The molecule has 0 spiro atoms. The van der Waals surface area contributed by atoms with E-state index in [1.165, 1.54) is 10.5 Å². The van der Waals surface area contributed by atoms with Crippen LogP contribution in [-0.2, 0) is 17.8 Å². The Morgan fingerprint density at radius 2 is 1.84 bits per heavy atom. The highest BCUT2D eigenvalue weighted by molar-refractivity contribution is 14.0. The third-order valence-corrected chi connectivity index (χ3v) is 5.38. The van der Waals surface area contributed by atoms with Gasteiger partial charge in [0.1, 0.15) is 0 Å². The van der Waals surface area contributed by atoms with Crippen LogP contribution < -0.4 is 10.6 Å². The quantitative estimate of drug-likeness (QED) is 0.308. The van der Waals surface area contributed by atoms with Gasteiger partial charge in [0.2, 0.25) is 0 Å². The molecule has 3 rings (SSSR count). The lowest BCUT2D eigenvalue weighted by atomic mass is 10.1. The Morgan fingerprint density at radius 3 is 2.52 bits per heavy atom. The van der Waals surface area contributed by atoms with Gasteiger partial charge in [-0.05, 0) is 24.5 Å². The fraction of sp³-hybridized carbons (Fsp3) is 0.667. The number of halogens is 4. The Labute approximate surface area is 199 Å². The van der Waals surface area contributed by atoms with Gasteiger partial charge in [-0.15, -0.1) is 24.0 Å². The van der Waals surface area contributed by atoms with Crippen molar-refractivity contribution in [2.75, 3.05) is 52.5 Å². The number of aliphatic imine (C=N–C) groups is 1. The maximum atomic E-state index is 12.6. The number of guanidine groups is 1. The normalized spacial score (nSPS) is 21.0. The number of morpholine rings is 1. The molecule has 0 radical (unpaired) electrons. The molecule has 2 fully saturated rings. The monoisotopic (exact) mass is 555 g/mol. The van der Waals surface area contributed by atoms with E-state index in [0.29, 0.717) is 38.6 Å². The fourth-order valence-corrected chi connectivity index (χ4v) is 3.89. The molecular formula is C21H33F3IN5O. The van der Waals surface area contributed by atoms with Crippen LogP contribution in [0.15, 0.2) is 29.3 Å². The van der Waals surface area contributed by atoms with E-state index < -0.39 is 12.7 Å². The molecule has 0 saturated carbocycles. The second-order valence-corrected chi connectivity index (χ2v) is 7.83. The zero-order valence-electron chi connectivity index (χ0n) is 18.0. The van der Waals surface area contributed by atoms with E-state index in [0.717, 1.165) is 38.4 Å². The van der Waals surface area contributed by atoms with E-state index in [2.05, 4.69) is 27.7 Å². The van der Waals surface area contributed by atoms with Crippen molar-refractivity contribution in [3.8, 4) is 0 Å². The van der Waals surface area contributed by atoms with Gasteiger partial charge in [0, 0.05) is 45.3 Å². The highest BCUT2D eigenvalue weighted by atomic mass is 127. The third kappa shape index (κ3) is 9.11. The van der Waals surface area contributed by atoms with Crippen LogP contribution in [0.3, 0.4) is 0 Å². The molecule has 2 heterocycles. The molecule has 0 bridgehead atoms. The summed E-state index contributed by atoms with van der Waals surface area (Å²) in [4.78, 5) is 8.53. The predicted molar refractivity (Wildman–Crippen MR) is 127 cm³/mol. The van der Waals surface area contributed by atoms with Gasteiger partial charge < -0.3 is 15.4 Å². The summed E-state index contributed by atoms with van der Waals surface area (Å²) in [6, 6.07) is 8.24. The van der Waals surface area contributed by atoms with Crippen LogP contribution in [0.4, 0.5) is 13.2 Å². The van der Waals surface area contributed by atoms with E-state index in [1.807, 2.05) is 19.1 Å². The van der Waals surface area contributed by atoms with Gasteiger partial charge in [-0.2, -0.15) is 13.2 Å². The van der Waals surface area contributed by atoms with Crippen molar-refractivity contribution in [1.29, 1.82) is 0 Å². The Balaban J connectivity index is 0.00000341. The minimum Gasteiger partial charge on any atom is -0.379 e. The van der Waals surface area contributed by atoms with Crippen LogP contribution >= 0.6 is 24.0 Å². The lowest BCUT2D eigenvalue weighted by molar-refractivity contribution is -0.143. The lowest BCUT2D eigenvalue weighted by Crippen LogP contribution is -2.45. The SMILES string of the molecule is CCNC(=NCc1ccccc1CN1CCOCC1)NC1CCN(CC(F)(F)F)C1.I. The number of nitrogens with zero attached hydrogens (tertiary/aromatic N) is 3. The molecule has 176 valence electrons. The van der Waals surface area contributed by atoms with Crippen molar-refractivity contribution in [2.45, 2.75) is 38.7 Å². The van der Waals surface area contributed by atoms with Crippen molar-refractivity contribution in [1.82, 2.24) is 20.4 Å².